The fourth-order valence-electron chi connectivity index (χ4n) is 2.79. The molecule has 10 heteroatoms. The van der Waals surface area contributed by atoms with Crippen molar-refractivity contribution in [3.63, 3.8) is 0 Å². The number of nitrogens with zero attached hydrogens (tertiary/aromatic N) is 4. The van der Waals surface area contributed by atoms with E-state index in [1.807, 2.05) is 25.7 Å². The monoisotopic (exact) mass is 367 g/mol. The summed E-state index contributed by atoms with van der Waals surface area (Å²) in [6, 6.07) is 0. The molecular formula is C16H25N5O5. The van der Waals surface area contributed by atoms with Crippen LogP contribution in [0.2, 0.25) is 0 Å². The number of ether oxygens (including phenoxy) is 2. The van der Waals surface area contributed by atoms with Crippen LogP contribution in [0.25, 0.3) is 0 Å². The Balaban J connectivity index is 2.15. The van der Waals surface area contributed by atoms with Gasteiger partial charge in [-0.3, -0.25) is 14.9 Å². The number of anilines is 2. The minimum Gasteiger partial charge on any atom is -0.464 e. The predicted molar refractivity (Wildman–Crippen MR) is 95.3 cm³/mol. The van der Waals surface area contributed by atoms with Crippen molar-refractivity contribution in [1.82, 2.24) is 9.97 Å². The first kappa shape index (κ1) is 19.8. The zero-order valence-electron chi connectivity index (χ0n) is 15.3. The number of aromatic nitrogens is 2. The summed E-state index contributed by atoms with van der Waals surface area (Å²) in [6.45, 7) is 6.91. The number of morpholine rings is 1. The molecule has 0 spiro atoms. The van der Waals surface area contributed by atoms with Crippen LogP contribution in [-0.4, -0.2) is 59.3 Å². The van der Waals surface area contributed by atoms with Crippen molar-refractivity contribution in [3.8, 4) is 0 Å². The van der Waals surface area contributed by atoms with E-state index in [4.69, 9.17) is 9.47 Å². The summed E-state index contributed by atoms with van der Waals surface area (Å²) in [5.74, 6) is -0.269. The van der Waals surface area contributed by atoms with Crippen LogP contribution in [0.3, 0.4) is 0 Å². The molecule has 0 aliphatic carbocycles. The Morgan fingerprint density at radius 2 is 2.12 bits per heavy atom. The van der Waals surface area contributed by atoms with Crippen LogP contribution in [0.15, 0.2) is 6.33 Å². The van der Waals surface area contributed by atoms with Crippen LogP contribution in [-0.2, 0) is 14.3 Å². The van der Waals surface area contributed by atoms with Crippen LogP contribution in [0.1, 0.15) is 33.6 Å². The average molecular weight is 367 g/mol. The van der Waals surface area contributed by atoms with E-state index in [2.05, 4.69) is 15.3 Å². The lowest BCUT2D eigenvalue weighted by molar-refractivity contribution is -0.383. The second kappa shape index (κ2) is 9.27. The van der Waals surface area contributed by atoms with Gasteiger partial charge >= 0.3 is 11.7 Å². The van der Waals surface area contributed by atoms with Gasteiger partial charge in [-0.1, -0.05) is 13.3 Å². The highest BCUT2D eigenvalue weighted by Gasteiger charge is 2.31. The number of nitrogens with one attached hydrogen (secondary N) is 1. The molecule has 1 saturated heterocycles. The zero-order valence-corrected chi connectivity index (χ0v) is 15.3. The third-order valence-corrected chi connectivity index (χ3v) is 3.87. The van der Waals surface area contributed by atoms with Crippen molar-refractivity contribution in [2.24, 2.45) is 0 Å². The van der Waals surface area contributed by atoms with Crippen LogP contribution in [0.5, 0.6) is 0 Å². The Morgan fingerprint density at radius 3 is 2.73 bits per heavy atom. The molecule has 1 aromatic heterocycles. The lowest BCUT2D eigenvalue weighted by atomic mass is 10.2. The zero-order chi connectivity index (χ0) is 19.1. The van der Waals surface area contributed by atoms with Crippen molar-refractivity contribution in [2.45, 2.75) is 45.8 Å². The van der Waals surface area contributed by atoms with Gasteiger partial charge in [0.2, 0.25) is 11.6 Å². The van der Waals surface area contributed by atoms with Gasteiger partial charge in [-0.25, -0.2) is 9.97 Å². The number of carbonyl (C=O) groups excluding carboxylic acids is 1. The van der Waals surface area contributed by atoms with Crippen molar-refractivity contribution in [3.05, 3.63) is 16.4 Å². The summed E-state index contributed by atoms with van der Waals surface area (Å²) in [5.41, 5.74) is -0.254. The summed E-state index contributed by atoms with van der Waals surface area (Å²) < 4.78 is 10.7. The molecule has 2 unspecified atom stereocenters. The second-order valence-corrected chi connectivity index (χ2v) is 6.24. The number of hydrogen-bond donors (Lipinski definition) is 1. The molecule has 0 aromatic carbocycles. The van der Waals surface area contributed by atoms with Gasteiger partial charge in [0, 0.05) is 13.1 Å². The Hall–Kier alpha value is -2.49. The normalized spacial score (nSPS) is 19.9. The first-order valence-electron chi connectivity index (χ1n) is 8.71. The van der Waals surface area contributed by atoms with Crippen molar-refractivity contribution in [1.29, 1.82) is 0 Å². The van der Waals surface area contributed by atoms with E-state index in [0.29, 0.717) is 19.7 Å². The molecule has 10 nitrogen and oxygen atoms in total. The van der Waals surface area contributed by atoms with E-state index in [1.54, 1.807) is 0 Å². The number of hydrogen-bond acceptors (Lipinski definition) is 9. The molecule has 1 fully saturated rings. The minimum absolute atomic E-state index is 0.000704. The first-order valence-corrected chi connectivity index (χ1v) is 8.71. The summed E-state index contributed by atoms with van der Waals surface area (Å²) in [6.07, 6.45) is 2.80. The average Bonchev–Trinajstić information content (AvgIpc) is 2.58. The standard InChI is InChI=1S/C16H25N5O5/c1-4-5-6-25-13(22)7-17-15-14(21(23)24)16(19-10-18-15)20-8-11(2)26-12(3)9-20/h10-12H,4-9H2,1-3H3,(H,17,18,19). The molecule has 1 N–H and O–H groups in total. The molecule has 0 saturated carbocycles. The lowest BCUT2D eigenvalue weighted by Crippen LogP contribution is -2.46. The van der Waals surface area contributed by atoms with Crippen LogP contribution in [0.4, 0.5) is 17.3 Å². The van der Waals surface area contributed by atoms with Gasteiger partial charge in [0.25, 0.3) is 0 Å². The predicted octanol–water partition coefficient (Wildman–Crippen LogP) is 1.75. The number of nitro groups is 1. The van der Waals surface area contributed by atoms with Gasteiger partial charge in [-0.05, 0) is 20.3 Å². The second-order valence-electron chi connectivity index (χ2n) is 6.24. The quantitative estimate of drug-likeness (QED) is 0.317. The first-order chi connectivity index (χ1) is 12.4. The Morgan fingerprint density at radius 1 is 1.42 bits per heavy atom. The summed E-state index contributed by atoms with van der Waals surface area (Å²) in [7, 11) is 0. The molecule has 1 aliphatic rings. The third kappa shape index (κ3) is 5.25. The number of unbranched alkanes of at least 4 members (excludes halogenated alkanes) is 1. The van der Waals surface area contributed by atoms with E-state index < -0.39 is 10.9 Å². The van der Waals surface area contributed by atoms with Crippen LogP contribution < -0.4 is 10.2 Å². The van der Waals surface area contributed by atoms with Gasteiger partial charge < -0.3 is 19.7 Å². The number of carbonyl (C=O) groups is 1. The fourth-order valence-corrected chi connectivity index (χ4v) is 2.79. The van der Waals surface area contributed by atoms with E-state index in [1.165, 1.54) is 6.33 Å². The summed E-state index contributed by atoms with van der Waals surface area (Å²) in [4.78, 5) is 32.6. The SMILES string of the molecule is CCCCOC(=O)CNc1ncnc(N2CC(C)OC(C)C2)c1[N+](=O)[O-]. The van der Waals surface area contributed by atoms with E-state index in [-0.39, 0.29) is 36.1 Å². The molecule has 0 bridgehead atoms. The number of rotatable bonds is 8. The van der Waals surface area contributed by atoms with Crippen molar-refractivity contribution >= 4 is 23.3 Å². The summed E-state index contributed by atoms with van der Waals surface area (Å²) in [5, 5.41) is 14.3. The molecular weight excluding hydrogens is 342 g/mol. The highest BCUT2D eigenvalue weighted by molar-refractivity contribution is 5.78. The maximum atomic E-state index is 11.7. The molecule has 144 valence electrons. The molecule has 26 heavy (non-hydrogen) atoms. The molecule has 2 atom stereocenters. The minimum atomic E-state index is -0.537. The molecule has 1 aliphatic heterocycles. The molecule has 2 heterocycles. The van der Waals surface area contributed by atoms with Crippen molar-refractivity contribution < 1.29 is 19.2 Å². The fraction of sp³-hybridized carbons (Fsp3) is 0.688. The largest absolute Gasteiger partial charge is 0.464 e. The van der Waals surface area contributed by atoms with E-state index in [0.717, 1.165) is 12.8 Å². The lowest BCUT2D eigenvalue weighted by Gasteiger charge is -2.35. The van der Waals surface area contributed by atoms with Crippen molar-refractivity contribution in [2.75, 3.05) is 36.5 Å². The maximum Gasteiger partial charge on any atom is 0.353 e. The van der Waals surface area contributed by atoms with Gasteiger partial charge in [0.15, 0.2) is 0 Å². The topological polar surface area (TPSA) is 120 Å². The smallest absolute Gasteiger partial charge is 0.353 e. The Kier molecular flexibility index (Phi) is 7.07. The molecule has 1 aromatic rings. The highest BCUT2D eigenvalue weighted by Crippen LogP contribution is 2.33. The summed E-state index contributed by atoms with van der Waals surface area (Å²) >= 11 is 0. The van der Waals surface area contributed by atoms with Gasteiger partial charge in [-0.15, -0.1) is 0 Å². The highest BCUT2D eigenvalue weighted by atomic mass is 16.6. The Labute approximate surface area is 152 Å². The van der Waals surface area contributed by atoms with Gasteiger partial charge in [-0.2, -0.15) is 0 Å². The number of esters is 1. The molecule has 2 rings (SSSR count). The maximum absolute atomic E-state index is 11.7. The molecule has 0 radical (unpaired) electrons. The van der Waals surface area contributed by atoms with Gasteiger partial charge in [0.05, 0.1) is 23.7 Å². The third-order valence-electron chi connectivity index (χ3n) is 3.87. The van der Waals surface area contributed by atoms with E-state index >= 15 is 0 Å². The van der Waals surface area contributed by atoms with Crippen LogP contribution in [0, 0.1) is 10.1 Å². The van der Waals surface area contributed by atoms with Crippen LogP contribution >= 0.6 is 0 Å². The Bertz CT molecular complexity index is 631. The van der Waals surface area contributed by atoms with E-state index in [9.17, 15) is 14.9 Å². The molecule has 0 amide bonds. The van der Waals surface area contributed by atoms with Gasteiger partial charge in [0.1, 0.15) is 12.9 Å².